The van der Waals surface area contributed by atoms with Gasteiger partial charge < -0.3 is 10.0 Å². The summed E-state index contributed by atoms with van der Waals surface area (Å²) in [6.07, 6.45) is 0.673. The Bertz CT molecular complexity index is 401. The number of carbonyl (C=O) groups excluding carboxylic acids is 1. The lowest BCUT2D eigenvalue weighted by atomic mass is 10.1. The van der Waals surface area contributed by atoms with Gasteiger partial charge in [-0.3, -0.25) is 9.59 Å². The van der Waals surface area contributed by atoms with Crippen molar-refractivity contribution in [3.63, 3.8) is 0 Å². The summed E-state index contributed by atoms with van der Waals surface area (Å²) in [5.41, 5.74) is 1.10. The van der Waals surface area contributed by atoms with Crippen LogP contribution in [0.5, 0.6) is 0 Å². The highest BCUT2D eigenvalue weighted by atomic mass is 16.4. The first kappa shape index (κ1) is 14.2. The van der Waals surface area contributed by atoms with Crippen LogP contribution in [-0.4, -0.2) is 35.0 Å². The molecule has 1 N–H and O–H groups in total. The SMILES string of the molecule is CC(C)C(=O)N(CCc1ccccc1)CC(=O)O. The Morgan fingerprint density at radius 2 is 1.83 bits per heavy atom. The number of rotatable bonds is 6. The second-order valence-electron chi connectivity index (χ2n) is 4.54. The smallest absolute Gasteiger partial charge is 0.323 e. The molecule has 98 valence electrons. The minimum Gasteiger partial charge on any atom is -0.480 e. The highest BCUT2D eigenvalue weighted by Crippen LogP contribution is 2.05. The largest absolute Gasteiger partial charge is 0.480 e. The first-order chi connectivity index (χ1) is 8.50. The van der Waals surface area contributed by atoms with Crippen LogP contribution in [0.2, 0.25) is 0 Å². The molecule has 1 aromatic rings. The van der Waals surface area contributed by atoms with Crippen LogP contribution in [0.3, 0.4) is 0 Å². The summed E-state index contributed by atoms with van der Waals surface area (Å²) in [6.45, 7) is 3.76. The van der Waals surface area contributed by atoms with Gasteiger partial charge in [-0.05, 0) is 12.0 Å². The second-order valence-corrected chi connectivity index (χ2v) is 4.54. The Morgan fingerprint density at radius 1 is 1.22 bits per heavy atom. The third kappa shape index (κ3) is 4.57. The number of nitrogens with zero attached hydrogens (tertiary/aromatic N) is 1. The Labute approximate surface area is 107 Å². The summed E-state index contributed by atoms with van der Waals surface area (Å²) in [6, 6.07) is 9.73. The third-order valence-electron chi connectivity index (χ3n) is 2.64. The molecule has 0 bridgehead atoms. The Balaban J connectivity index is 2.61. The van der Waals surface area contributed by atoms with Crippen LogP contribution in [0, 0.1) is 5.92 Å². The Kier molecular flexibility index (Phi) is 5.36. The van der Waals surface area contributed by atoms with Crippen molar-refractivity contribution < 1.29 is 14.7 Å². The maximum Gasteiger partial charge on any atom is 0.323 e. The van der Waals surface area contributed by atoms with Gasteiger partial charge in [-0.2, -0.15) is 0 Å². The van der Waals surface area contributed by atoms with Gasteiger partial charge in [0.25, 0.3) is 0 Å². The van der Waals surface area contributed by atoms with E-state index in [1.54, 1.807) is 13.8 Å². The summed E-state index contributed by atoms with van der Waals surface area (Å²) >= 11 is 0. The molecule has 0 aliphatic heterocycles. The molecule has 0 aliphatic rings. The first-order valence-corrected chi connectivity index (χ1v) is 6.05. The van der Waals surface area contributed by atoms with E-state index in [2.05, 4.69) is 0 Å². The number of carboxylic acid groups (broad SMARTS) is 1. The fourth-order valence-electron chi connectivity index (χ4n) is 1.70. The lowest BCUT2D eigenvalue weighted by molar-refractivity contribution is -0.145. The van der Waals surface area contributed by atoms with Crippen LogP contribution in [0.15, 0.2) is 30.3 Å². The summed E-state index contributed by atoms with van der Waals surface area (Å²) in [5, 5.41) is 8.82. The molecule has 0 heterocycles. The Morgan fingerprint density at radius 3 is 2.33 bits per heavy atom. The topological polar surface area (TPSA) is 57.6 Å². The molecule has 0 atom stereocenters. The summed E-state index contributed by atoms with van der Waals surface area (Å²) in [7, 11) is 0. The van der Waals surface area contributed by atoms with Crippen molar-refractivity contribution in [2.24, 2.45) is 5.92 Å². The summed E-state index contributed by atoms with van der Waals surface area (Å²) in [4.78, 5) is 24.0. The maximum absolute atomic E-state index is 11.9. The molecule has 1 aromatic carbocycles. The van der Waals surface area contributed by atoms with Crippen LogP contribution >= 0.6 is 0 Å². The molecule has 18 heavy (non-hydrogen) atoms. The first-order valence-electron chi connectivity index (χ1n) is 6.05. The average Bonchev–Trinajstić information content (AvgIpc) is 2.34. The fourth-order valence-corrected chi connectivity index (χ4v) is 1.70. The average molecular weight is 249 g/mol. The van der Waals surface area contributed by atoms with Gasteiger partial charge >= 0.3 is 5.97 Å². The maximum atomic E-state index is 11.9. The van der Waals surface area contributed by atoms with Crippen LogP contribution < -0.4 is 0 Å². The summed E-state index contributed by atoms with van der Waals surface area (Å²) < 4.78 is 0. The van der Waals surface area contributed by atoms with Crippen molar-refractivity contribution in [1.29, 1.82) is 0 Å². The quantitative estimate of drug-likeness (QED) is 0.836. The number of hydrogen-bond donors (Lipinski definition) is 1. The zero-order valence-electron chi connectivity index (χ0n) is 10.8. The molecule has 0 spiro atoms. The van der Waals surface area contributed by atoms with Gasteiger partial charge in [-0.1, -0.05) is 44.2 Å². The van der Waals surface area contributed by atoms with Gasteiger partial charge in [0.05, 0.1) is 0 Å². The molecule has 0 unspecified atom stereocenters. The molecule has 0 fully saturated rings. The van der Waals surface area contributed by atoms with E-state index in [-0.39, 0.29) is 18.4 Å². The lowest BCUT2D eigenvalue weighted by Gasteiger charge is -2.22. The van der Waals surface area contributed by atoms with Crippen LogP contribution in [0.4, 0.5) is 0 Å². The molecule has 0 aromatic heterocycles. The predicted molar refractivity (Wildman–Crippen MR) is 69.2 cm³/mol. The van der Waals surface area contributed by atoms with Crippen molar-refractivity contribution in [2.75, 3.05) is 13.1 Å². The molecular weight excluding hydrogens is 230 g/mol. The summed E-state index contributed by atoms with van der Waals surface area (Å²) in [5.74, 6) is -1.27. The monoisotopic (exact) mass is 249 g/mol. The van der Waals surface area contributed by atoms with Crippen LogP contribution in [0.1, 0.15) is 19.4 Å². The van der Waals surface area contributed by atoms with E-state index >= 15 is 0 Å². The highest BCUT2D eigenvalue weighted by Gasteiger charge is 2.19. The molecule has 4 heteroatoms. The van der Waals surface area contributed by atoms with Crippen molar-refractivity contribution in [1.82, 2.24) is 4.90 Å². The van der Waals surface area contributed by atoms with E-state index in [1.807, 2.05) is 30.3 Å². The number of hydrogen-bond acceptors (Lipinski definition) is 2. The molecule has 1 amide bonds. The van der Waals surface area contributed by atoms with E-state index in [0.717, 1.165) is 5.56 Å². The van der Waals surface area contributed by atoms with Crippen molar-refractivity contribution >= 4 is 11.9 Å². The number of carbonyl (C=O) groups is 2. The van der Waals surface area contributed by atoms with Crippen molar-refractivity contribution in [3.05, 3.63) is 35.9 Å². The predicted octanol–water partition coefficient (Wildman–Crippen LogP) is 1.80. The van der Waals surface area contributed by atoms with E-state index in [1.165, 1.54) is 4.90 Å². The molecule has 4 nitrogen and oxygen atoms in total. The second kappa shape index (κ2) is 6.79. The highest BCUT2D eigenvalue weighted by molar-refractivity contribution is 5.82. The van der Waals surface area contributed by atoms with E-state index in [4.69, 9.17) is 5.11 Å². The number of carboxylic acids is 1. The number of amides is 1. The van der Waals surface area contributed by atoms with Crippen LogP contribution in [0.25, 0.3) is 0 Å². The van der Waals surface area contributed by atoms with E-state index in [9.17, 15) is 9.59 Å². The Hall–Kier alpha value is -1.84. The molecule has 0 saturated heterocycles. The zero-order valence-corrected chi connectivity index (χ0v) is 10.8. The van der Waals surface area contributed by atoms with Gasteiger partial charge in [0, 0.05) is 12.5 Å². The fraction of sp³-hybridized carbons (Fsp3) is 0.429. The van der Waals surface area contributed by atoms with Gasteiger partial charge in [0.15, 0.2) is 0 Å². The minimum atomic E-state index is -0.975. The van der Waals surface area contributed by atoms with E-state index in [0.29, 0.717) is 13.0 Å². The standard InChI is InChI=1S/C14H19NO3/c1-11(2)14(18)15(10-13(16)17)9-8-12-6-4-3-5-7-12/h3-7,11H,8-10H2,1-2H3,(H,16,17). The van der Waals surface area contributed by atoms with Crippen LogP contribution in [-0.2, 0) is 16.0 Å². The van der Waals surface area contributed by atoms with Gasteiger partial charge in [0.2, 0.25) is 5.91 Å². The molecule has 0 saturated carbocycles. The van der Waals surface area contributed by atoms with Crippen molar-refractivity contribution in [2.45, 2.75) is 20.3 Å². The normalized spacial score (nSPS) is 10.4. The van der Waals surface area contributed by atoms with Gasteiger partial charge in [-0.15, -0.1) is 0 Å². The van der Waals surface area contributed by atoms with Gasteiger partial charge in [-0.25, -0.2) is 0 Å². The third-order valence-corrected chi connectivity index (χ3v) is 2.64. The number of benzene rings is 1. The molecule has 0 aliphatic carbocycles. The van der Waals surface area contributed by atoms with Gasteiger partial charge in [0.1, 0.15) is 6.54 Å². The molecule has 1 rings (SSSR count). The van der Waals surface area contributed by atoms with Crippen molar-refractivity contribution in [3.8, 4) is 0 Å². The van der Waals surface area contributed by atoms with E-state index < -0.39 is 5.97 Å². The minimum absolute atomic E-state index is 0.117. The lowest BCUT2D eigenvalue weighted by Crippen LogP contribution is -2.39. The number of aliphatic carboxylic acids is 1. The molecular formula is C14H19NO3. The molecule has 0 radical (unpaired) electrons. The zero-order chi connectivity index (χ0) is 13.5.